The molecule has 2 aromatic heterocycles. The number of thioether (sulfide) groups is 1. The van der Waals surface area contributed by atoms with Crippen molar-refractivity contribution < 1.29 is 4.79 Å². The molecule has 2 aliphatic rings. The summed E-state index contributed by atoms with van der Waals surface area (Å²) in [6, 6.07) is 23.1. The molecular weight excluding hydrogens is 509 g/mol. The van der Waals surface area contributed by atoms with Crippen LogP contribution >= 0.6 is 35.3 Å². The second-order valence-electron chi connectivity index (χ2n) is 9.25. The van der Waals surface area contributed by atoms with Crippen molar-refractivity contribution in [1.82, 2.24) is 14.5 Å². The molecule has 4 heterocycles. The van der Waals surface area contributed by atoms with Gasteiger partial charge in [-0.05, 0) is 36.1 Å². The van der Waals surface area contributed by atoms with Crippen LogP contribution in [0.4, 0.5) is 5.13 Å². The van der Waals surface area contributed by atoms with Crippen LogP contribution < -0.4 is 10.9 Å². The highest BCUT2D eigenvalue weighted by Gasteiger charge is 2.36. The van der Waals surface area contributed by atoms with Crippen LogP contribution in [-0.2, 0) is 11.3 Å². The number of hydrogen-bond donors (Lipinski definition) is 1. The zero-order chi connectivity index (χ0) is 24.6. The van der Waals surface area contributed by atoms with Crippen molar-refractivity contribution in [2.24, 2.45) is 5.92 Å². The van der Waals surface area contributed by atoms with Gasteiger partial charge >= 0.3 is 0 Å². The van der Waals surface area contributed by atoms with Gasteiger partial charge in [0.05, 0.1) is 10.2 Å². The molecule has 182 valence electrons. The van der Waals surface area contributed by atoms with Crippen molar-refractivity contribution in [2.75, 3.05) is 18.4 Å². The van der Waals surface area contributed by atoms with Crippen molar-refractivity contribution in [3.63, 3.8) is 0 Å². The minimum atomic E-state index is -0.498. The van der Waals surface area contributed by atoms with Gasteiger partial charge in [-0.2, -0.15) is 0 Å². The van der Waals surface area contributed by atoms with Gasteiger partial charge in [-0.15, -0.1) is 0 Å². The Kier molecular flexibility index (Phi) is 6.37. The quantitative estimate of drug-likeness (QED) is 0.361. The van der Waals surface area contributed by atoms with Crippen LogP contribution in [0.5, 0.6) is 0 Å². The van der Waals surface area contributed by atoms with Crippen LogP contribution in [0.25, 0.3) is 10.2 Å². The first-order chi connectivity index (χ1) is 17.5. The van der Waals surface area contributed by atoms with Crippen LogP contribution in [0.1, 0.15) is 28.8 Å². The number of likely N-dealkylation sites (tertiary alicyclic amines) is 1. The van der Waals surface area contributed by atoms with E-state index in [2.05, 4.69) is 21.3 Å². The van der Waals surface area contributed by atoms with E-state index in [0.717, 1.165) is 47.5 Å². The summed E-state index contributed by atoms with van der Waals surface area (Å²) in [7, 11) is 0. The number of carbonyl (C=O) groups is 1. The molecular formula is C27H24N4O2S3. The Labute approximate surface area is 222 Å². The van der Waals surface area contributed by atoms with E-state index in [-0.39, 0.29) is 17.4 Å². The Morgan fingerprint density at radius 1 is 1.03 bits per heavy atom. The average molecular weight is 533 g/mol. The van der Waals surface area contributed by atoms with Crippen molar-refractivity contribution in [2.45, 2.75) is 24.1 Å². The number of amides is 1. The van der Waals surface area contributed by atoms with Crippen molar-refractivity contribution in [3.05, 3.63) is 94.4 Å². The number of pyridine rings is 1. The molecule has 0 saturated carbocycles. The highest BCUT2D eigenvalue weighted by atomic mass is 32.2. The minimum Gasteiger partial charge on any atom is -0.356 e. The highest BCUT2D eigenvalue weighted by Crippen LogP contribution is 2.39. The molecule has 6 rings (SSSR count). The Bertz CT molecular complexity index is 1470. The lowest BCUT2D eigenvalue weighted by atomic mass is 9.83. The van der Waals surface area contributed by atoms with E-state index in [4.69, 9.17) is 12.2 Å². The molecule has 1 saturated heterocycles. The molecule has 3 atom stereocenters. The SMILES string of the molecule is O=C(Nc1nc2ccccc2s1)[C@H](SC(=S)N1C[C@H]2C[C@@H](C1)c1cccc(=O)n1C2)c1ccccc1. The van der Waals surface area contributed by atoms with Crippen LogP contribution in [-0.4, -0.2) is 37.8 Å². The molecule has 0 spiro atoms. The lowest BCUT2D eigenvalue weighted by molar-refractivity contribution is -0.115. The summed E-state index contributed by atoms with van der Waals surface area (Å²) in [5.74, 6) is 0.486. The number of thiazole rings is 1. The van der Waals surface area contributed by atoms with Gasteiger partial charge in [-0.25, -0.2) is 4.98 Å². The maximum Gasteiger partial charge on any atom is 0.250 e. The largest absolute Gasteiger partial charge is 0.356 e. The molecule has 2 bridgehead atoms. The number of aromatic nitrogens is 2. The van der Waals surface area contributed by atoms with Gasteiger partial charge in [0.25, 0.3) is 5.56 Å². The number of nitrogens with one attached hydrogen (secondary N) is 1. The predicted octanol–water partition coefficient (Wildman–Crippen LogP) is 5.28. The fraction of sp³-hybridized carbons (Fsp3) is 0.259. The minimum absolute atomic E-state index is 0.0725. The third kappa shape index (κ3) is 4.58. The number of benzene rings is 2. The average Bonchev–Trinajstić information content (AvgIpc) is 3.30. The van der Waals surface area contributed by atoms with E-state index in [1.54, 1.807) is 6.07 Å². The number of thiocarbonyl (C=S) groups is 1. The monoisotopic (exact) mass is 532 g/mol. The standard InChI is InChI=1S/C27H24N4O2S3/c32-23-12-6-10-21-19-13-17(15-31(21)23)14-30(16-19)27(34)36-24(18-7-2-1-3-8-18)25(33)29-26-28-20-9-4-5-11-22(20)35-26/h1-12,17,19,24H,13-16H2,(H,28,29,33)/t17-,19+,24-/m1/s1. The zero-order valence-corrected chi connectivity index (χ0v) is 21.8. The van der Waals surface area contributed by atoms with Gasteiger partial charge in [-0.3, -0.25) is 9.59 Å². The van der Waals surface area contributed by atoms with Crippen LogP contribution in [0.2, 0.25) is 0 Å². The van der Waals surface area contributed by atoms with Crippen LogP contribution in [0.3, 0.4) is 0 Å². The third-order valence-corrected chi connectivity index (χ3v) is 9.50. The molecule has 9 heteroatoms. The van der Waals surface area contributed by atoms with Crippen molar-refractivity contribution in [1.29, 1.82) is 0 Å². The van der Waals surface area contributed by atoms with E-state index in [0.29, 0.717) is 15.4 Å². The molecule has 1 N–H and O–H groups in total. The fourth-order valence-electron chi connectivity index (χ4n) is 5.22. The maximum absolute atomic E-state index is 13.5. The van der Waals surface area contributed by atoms with Gasteiger partial charge in [0.15, 0.2) is 5.13 Å². The maximum atomic E-state index is 13.5. The van der Waals surface area contributed by atoms with E-state index >= 15 is 0 Å². The summed E-state index contributed by atoms with van der Waals surface area (Å²) in [4.78, 5) is 32.7. The summed E-state index contributed by atoms with van der Waals surface area (Å²) in [6.07, 6.45) is 1.06. The summed E-state index contributed by atoms with van der Waals surface area (Å²) < 4.78 is 3.67. The van der Waals surface area contributed by atoms with Crippen LogP contribution in [0, 0.1) is 5.92 Å². The van der Waals surface area contributed by atoms with Gasteiger partial charge in [0.2, 0.25) is 5.91 Å². The molecule has 1 fully saturated rings. The predicted molar refractivity (Wildman–Crippen MR) is 151 cm³/mol. The number of nitrogens with zero attached hydrogens (tertiary/aromatic N) is 3. The number of anilines is 1. The van der Waals surface area contributed by atoms with E-state index in [9.17, 15) is 9.59 Å². The van der Waals surface area contributed by atoms with Gasteiger partial charge < -0.3 is 14.8 Å². The smallest absolute Gasteiger partial charge is 0.250 e. The van der Waals surface area contributed by atoms with Gasteiger partial charge in [-0.1, -0.05) is 83.8 Å². The molecule has 2 aromatic carbocycles. The normalized spacial score (nSPS) is 19.5. The van der Waals surface area contributed by atoms with Crippen LogP contribution in [0.15, 0.2) is 77.6 Å². The van der Waals surface area contributed by atoms with E-state index < -0.39 is 5.25 Å². The molecule has 36 heavy (non-hydrogen) atoms. The van der Waals surface area contributed by atoms with Crippen molar-refractivity contribution in [3.8, 4) is 0 Å². The summed E-state index contributed by atoms with van der Waals surface area (Å²) in [5, 5.41) is 3.12. The summed E-state index contributed by atoms with van der Waals surface area (Å²) in [5.41, 5.74) is 2.93. The Morgan fingerprint density at radius 2 is 1.83 bits per heavy atom. The lowest BCUT2D eigenvalue weighted by Crippen LogP contribution is -2.48. The van der Waals surface area contributed by atoms with E-state index in [1.165, 1.54) is 23.1 Å². The molecule has 0 unspecified atom stereocenters. The number of rotatable bonds is 4. The van der Waals surface area contributed by atoms with Gasteiger partial charge in [0, 0.05) is 37.3 Å². The van der Waals surface area contributed by atoms with Gasteiger partial charge in [0.1, 0.15) is 9.57 Å². The first-order valence-corrected chi connectivity index (χ1v) is 14.0. The third-order valence-electron chi connectivity index (χ3n) is 6.82. The molecule has 4 aromatic rings. The second kappa shape index (κ2) is 9.80. The number of fused-ring (bicyclic) bond motifs is 5. The molecule has 0 aliphatic carbocycles. The second-order valence-corrected chi connectivity index (χ2v) is 12.0. The summed E-state index contributed by atoms with van der Waals surface area (Å²) >= 11 is 8.80. The molecule has 6 nitrogen and oxygen atoms in total. The number of carbonyl (C=O) groups excluding carboxylic acids is 1. The van der Waals surface area contributed by atoms with Crippen molar-refractivity contribution >= 4 is 60.9 Å². The number of piperidine rings is 1. The molecule has 2 aliphatic heterocycles. The molecule has 0 radical (unpaired) electrons. The highest BCUT2D eigenvalue weighted by molar-refractivity contribution is 8.23. The Morgan fingerprint density at radius 3 is 2.67 bits per heavy atom. The Balaban J connectivity index is 1.22. The number of para-hydroxylation sites is 1. The zero-order valence-electron chi connectivity index (χ0n) is 19.4. The van der Waals surface area contributed by atoms with E-state index in [1.807, 2.05) is 65.2 Å². The first-order valence-electron chi connectivity index (χ1n) is 11.9. The Hall–Kier alpha value is -3.01. The topological polar surface area (TPSA) is 67.2 Å². The number of hydrogen-bond acceptors (Lipinski definition) is 6. The molecule has 1 amide bonds. The fourth-order valence-corrected chi connectivity index (χ4v) is 7.48. The first kappa shape index (κ1) is 23.4. The summed E-state index contributed by atoms with van der Waals surface area (Å²) in [6.45, 7) is 2.27. The lowest BCUT2D eigenvalue weighted by Gasteiger charge is -2.43.